The highest BCUT2D eigenvalue weighted by Gasteiger charge is 2.40. The quantitative estimate of drug-likeness (QED) is 0.363. The molecule has 5 heteroatoms. The van der Waals surface area contributed by atoms with Crippen LogP contribution in [0.15, 0.2) is 114 Å². The van der Waals surface area contributed by atoms with Crippen LogP contribution in [0.3, 0.4) is 0 Å². The third-order valence-electron chi connectivity index (χ3n) is 6.16. The van der Waals surface area contributed by atoms with Crippen molar-refractivity contribution >= 4 is 17.3 Å². The molecule has 0 unspecified atom stereocenters. The summed E-state index contributed by atoms with van der Waals surface area (Å²) in [6.07, 6.45) is -0.726. The Labute approximate surface area is 204 Å². The maximum atomic E-state index is 15.1. The summed E-state index contributed by atoms with van der Waals surface area (Å²) in [5.41, 5.74) is 3.34. The van der Waals surface area contributed by atoms with Gasteiger partial charge in [0.25, 0.3) is 5.91 Å². The molecule has 0 saturated carbocycles. The van der Waals surface area contributed by atoms with Crippen LogP contribution >= 0.6 is 0 Å². The van der Waals surface area contributed by atoms with Gasteiger partial charge in [0.1, 0.15) is 5.82 Å². The number of ether oxygens (including phenoxy) is 1. The van der Waals surface area contributed by atoms with Gasteiger partial charge in [-0.1, -0.05) is 91.0 Å². The number of carbonyl (C=O) groups is 1. The third kappa shape index (κ3) is 4.77. The lowest BCUT2D eigenvalue weighted by Crippen LogP contribution is -2.54. The predicted octanol–water partition coefficient (Wildman–Crippen LogP) is 6.10. The van der Waals surface area contributed by atoms with Gasteiger partial charge in [-0.05, 0) is 30.7 Å². The SMILES string of the molecule is C[C@@]1(c2cc(N=C(c3ccccc3)c3ccccc3)ccc2F)CO[C@H](c2ccccc2)C(=O)N1. The Morgan fingerprint density at radius 1 is 0.886 bits per heavy atom. The number of aliphatic imine (C=N–C) groups is 1. The molecule has 4 nitrogen and oxygen atoms in total. The van der Waals surface area contributed by atoms with E-state index in [0.29, 0.717) is 11.3 Å². The molecule has 0 spiro atoms. The first-order valence-corrected chi connectivity index (χ1v) is 11.5. The van der Waals surface area contributed by atoms with Crippen molar-refractivity contribution in [1.29, 1.82) is 0 Å². The summed E-state index contributed by atoms with van der Waals surface area (Å²) in [5.74, 6) is -0.720. The average Bonchev–Trinajstić information content (AvgIpc) is 2.89. The van der Waals surface area contributed by atoms with Gasteiger partial charge >= 0.3 is 0 Å². The fourth-order valence-electron chi connectivity index (χ4n) is 4.34. The van der Waals surface area contributed by atoms with Crippen LogP contribution in [0.25, 0.3) is 0 Å². The Morgan fingerprint density at radius 3 is 2.03 bits per heavy atom. The summed E-state index contributed by atoms with van der Waals surface area (Å²) >= 11 is 0. The summed E-state index contributed by atoms with van der Waals surface area (Å²) in [5, 5.41) is 2.99. The van der Waals surface area contributed by atoms with E-state index in [9.17, 15) is 4.79 Å². The molecule has 1 heterocycles. The zero-order chi connectivity index (χ0) is 24.3. The number of hydrogen-bond donors (Lipinski definition) is 1. The molecule has 1 aliphatic rings. The molecule has 174 valence electrons. The number of nitrogens with one attached hydrogen (secondary N) is 1. The molecule has 1 fully saturated rings. The van der Waals surface area contributed by atoms with Crippen LogP contribution in [0, 0.1) is 5.82 Å². The van der Waals surface area contributed by atoms with Gasteiger partial charge in [0.05, 0.1) is 23.5 Å². The van der Waals surface area contributed by atoms with Gasteiger partial charge in [0, 0.05) is 16.7 Å². The summed E-state index contributed by atoms with van der Waals surface area (Å²) in [4.78, 5) is 17.8. The molecular formula is C30H25FN2O2. The van der Waals surface area contributed by atoms with Gasteiger partial charge in [-0.2, -0.15) is 0 Å². The lowest BCUT2D eigenvalue weighted by molar-refractivity contribution is -0.146. The van der Waals surface area contributed by atoms with Crippen molar-refractivity contribution in [2.24, 2.45) is 4.99 Å². The number of halogens is 1. The molecule has 1 aliphatic heterocycles. The number of morpholine rings is 1. The number of amides is 1. The van der Waals surface area contributed by atoms with Gasteiger partial charge in [0.15, 0.2) is 6.10 Å². The van der Waals surface area contributed by atoms with E-state index in [-0.39, 0.29) is 12.5 Å². The molecule has 4 aromatic carbocycles. The molecule has 0 aromatic heterocycles. The average molecular weight is 465 g/mol. The Kier molecular flexibility index (Phi) is 6.25. The fraction of sp³-hybridized carbons (Fsp3) is 0.133. The second kappa shape index (κ2) is 9.65. The third-order valence-corrected chi connectivity index (χ3v) is 6.16. The van der Waals surface area contributed by atoms with Gasteiger partial charge in [-0.25, -0.2) is 9.38 Å². The molecule has 2 atom stereocenters. The van der Waals surface area contributed by atoms with E-state index < -0.39 is 17.5 Å². The number of benzene rings is 4. The first-order valence-electron chi connectivity index (χ1n) is 11.5. The molecule has 5 rings (SSSR count). The molecule has 1 N–H and O–H groups in total. The lowest BCUT2D eigenvalue weighted by Gasteiger charge is -2.38. The van der Waals surface area contributed by atoms with Crippen LogP contribution in [0.4, 0.5) is 10.1 Å². The van der Waals surface area contributed by atoms with Crippen molar-refractivity contribution in [3.8, 4) is 0 Å². The molecule has 0 radical (unpaired) electrons. The summed E-state index contributed by atoms with van der Waals surface area (Å²) in [7, 11) is 0. The van der Waals surface area contributed by atoms with E-state index in [1.54, 1.807) is 19.1 Å². The highest BCUT2D eigenvalue weighted by atomic mass is 19.1. The Hall–Kier alpha value is -4.09. The van der Waals surface area contributed by atoms with Gasteiger partial charge in [-0.3, -0.25) is 4.79 Å². The second-order valence-corrected chi connectivity index (χ2v) is 8.78. The molecule has 0 bridgehead atoms. The van der Waals surface area contributed by atoms with Crippen LogP contribution in [-0.2, 0) is 15.1 Å². The van der Waals surface area contributed by atoms with Gasteiger partial charge in [0.2, 0.25) is 0 Å². The lowest BCUT2D eigenvalue weighted by atomic mass is 9.89. The highest BCUT2D eigenvalue weighted by Crippen LogP contribution is 2.34. The van der Waals surface area contributed by atoms with Crippen molar-refractivity contribution < 1.29 is 13.9 Å². The predicted molar refractivity (Wildman–Crippen MR) is 135 cm³/mol. The zero-order valence-corrected chi connectivity index (χ0v) is 19.3. The van der Waals surface area contributed by atoms with Crippen molar-refractivity contribution in [1.82, 2.24) is 5.32 Å². The number of hydrogen-bond acceptors (Lipinski definition) is 3. The molecule has 1 saturated heterocycles. The number of carbonyl (C=O) groups excluding carboxylic acids is 1. The second-order valence-electron chi connectivity index (χ2n) is 8.78. The van der Waals surface area contributed by atoms with Crippen molar-refractivity contribution in [3.05, 3.63) is 137 Å². The maximum absolute atomic E-state index is 15.1. The van der Waals surface area contributed by atoms with Crippen LogP contribution in [-0.4, -0.2) is 18.2 Å². The van der Waals surface area contributed by atoms with E-state index in [1.165, 1.54) is 6.07 Å². The highest BCUT2D eigenvalue weighted by molar-refractivity contribution is 6.13. The van der Waals surface area contributed by atoms with Gasteiger partial charge < -0.3 is 10.1 Å². The molecule has 4 aromatic rings. The number of nitrogens with zero attached hydrogens (tertiary/aromatic N) is 1. The minimum absolute atomic E-state index is 0.132. The molecule has 0 aliphatic carbocycles. The smallest absolute Gasteiger partial charge is 0.254 e. The van der Waals surface area contributed by atoms with Crippen LogP contribution in [0.2, 0.25) is 0 Å². The maximum Gasteiger partial charge on any atom is 0.254 e. The Morgan fingerprint density at radius 2 is 1.46 bits per heavy atom. The van der Waals surface area contributed by atoms with E-state index in [2.05, 4.69) is 5.32 Å². The van der Waals surface area contributed by atoms with Crippen molar-refractivity contribution in [2.45, 2.75) is 18.6 Å². The molecular weight excluding hydrogens is 439 g/mol. The summed E-state index contributed by atoms with van der Waals surface area (Å²) in [6, 6.07) is 33.8. The molecule has 35 heavy (non-hydrogen) atoms. The topological polar surface area (TPSA) is 50.7 Å². The Bertz CT molecular complexity index is 1320. The summed E-state index contributed by atoms with van der Waals surface area (Å²) < 4.78 is 21.0. The largest absolute Gasteiger partial charge is 0.361 e. The van der Waals surface area contributed by atoms with Gasteiger partial charge in [-0.15, -0.1) is 0 Å². The van der Waals surface area contributed by atoms with Crippen LogP contribution < -0.4 is 5.32 Å². The van der Waals surface area contributed by atoms with Crippen LogP contribution in [0.5, 0.6) is 0 Å². The normalized spacial score (nSPS) is 19.6. The molecule has 1 amide bonds. The minimum atomic E-state index is -1.03. The first-order chi connectivity index (χ1) is 17.0. The standard InChI is InChI=1S/C30H25FN2O2/c1-30(20-35-28(29(34)33-30)23-15-9-4-10-16-23)25-19-24(17-18-26(25)31)32-27(21-11-5-2-6-12-21)22-13-7-3-8-14-22/h2-19,28H,20H2,1H3,(H,33,34)/t28-,30+/m1/s1. The van der Waals surface area contributed by atoms with Crippen LogP contribution in [0.1, 0.15) is 35.3 Å². The summed E-state index contributed by atoms with van der Waals surface area (Å²) in [6.45, 7) is 1.90. The van der Waals surface area contributed by atoms with Crippen molar-refractivity contribution in [2.75, 3.05) is 6.61 Å². The van der Waals surface area contributed by atoms with E-state index in [0.717, 1.165) is 22.4 Å². The van der Waals surface area contributed by atoms with E-state index in [4.69, 9.17) is 9.73 Å². The fourth-order valence-corrected chi connectivity index (χ4v) is 4.34. The first kappa shape index (κ1) is 22.7. The van der Waals surface area contributed by atoms with E-state index in [1.807, 2.05) is 91.0 Å². The van der Waals surface area contributed by atoms with E-state index >= 15 is 4.39 Å². The number of rotatable bonds is 5. The monoisotopic (exact) mass is 464 g/mol. The van der Waals surface area contributed by atoms with Crippen molar-refractivity contribution in [3.63, 3.8) is 0 Å². The minimum Gasteiger partial charge on any atom is -0.361 e. The Balaban J connectivity index is 1.50. The zero-order valence-electron chi connectivity index (χ0n) is 19.3.